The van der Waals surface area contributed by atoms with Crippen molar-refractivity contribution in [2.24, 2.45) is 4.99 Å². The van der Waals surface area contributed by atoms with Gasteiger partial charge in [-0.2, -0.15) is 0 Å². The summed E-state index contributed by atoms with van der Waals surface area (Å²) >= 11 is 12.3. The third kappa shape index (κ3) is 4.40. The maximum Gasteiger partial charge on any atom is 0.363 e. The van der Waals surface area contributed by atoms with Crippen LogP contribution in [0.15, 0.2) is 77.4 Å². The maximum atomic E-state index is 12.2. The van der Waals surface area contributed by atoms with Crippen LogP contribution >= 0.6 is 23.2 Å². The summed E-state index contributed by atoms with van der Waals surface area (Å²) in [7, 11) is 0. The predicted octanol–water partition coefficient (Wildman–Crippen LogP) is 6.23. The van der Waals surface area contributed by atoms with Crippen molar-refractivity contribution in [2.45, 2.75) is 13.5 Å². The van der Waals surface area contributed by atoms with Crippen molar-refractivity contribution in [1.82, 2.24) is 0 Å². The van der Waals surface area contributed by atoms with Crippen molar-refractivity contribution < 1.29 is 14.3 Å². The minimum atomic E-state index is -0.470. The van der Waals surface area contributed by atoms with Gasteiger partial charge in [-0.25, -0.2) is 9.79 Å². The van der Waals surface area contributed by atoms with E-state index < -0.39 is 5.97 Å². The van der Waals surface area contributed by atoms with E-state index in [0.29, 0.717) is 21.7 Å². The molecule has 0 unspecified atom stereocenters. The highest BCUT2D eigenvalue weighted by Crippen LogP contribution is 2.26. The van der Waals surface area contributed by atoms with Gasteiger partial charge >= 0.3 is 5.97 Å². The van der Waals surface area contributed by atoms with Crippen molar-refractivity contribution in [1.29, 1.82) is 0 Å². The fourth-order valence-electron chi connectivity index (χ4n) is 2.98. The summed E-state index contributed by atoms with van der Waals surface area (Å²) < 4.78 is 11.1. The number of ether oxygens (including phenoxy) is 2. The lowest BCUT2D eigenvalue weighted by Gasteiger charge is -2.09. The zero-order valence-corrected chi connectivity index (χ0v) is 17.6. The molecule has 3 aromatic rings. The van der Waals surface area contributed by atoms with Gasteiger partial charge in [-0.05, 0) is 54.5 Å². The molecule has 0 aromatic heterocycles. The Kier molecular flexibility index (Phi) is 5.88. The molecular weight excluding hydrogens is 421 g/mol. The molecule has 0 saturated heterocycles. The maximum absolute atomic E-state index is 12.2. The van der Waals surface area contributed by atoms with E-state index in [4.69, 9.17) is 32.7 Å². The molecule has 30 heavy (non-hydrogen) atoms. The normalized spacial score (nSPS) is 14.6. The largest absolute Gasteiger partial charge is 0.489 e. The highest BCUT2D eigenvalue weighted by Gasteiger charge is 2.24. The third-order valence-electron chi connectivity index (χ3n) is 4.62. The highest BCUT2D eigenvalue weighted by molar-refractivity contribution is 6.35. The first-order valence-corrected chi connectivity index (χ1v) is 10.0. The van der Waals surface area contributed by atoms with E-state index >= 15 is 0 Å². The number of nitrogens with zero attached hydrogens (tertiary/aromatic N) is 1. The van der Waals surface area contributed by atoms with Crippen molar-refractivity contribution in [3.63, 3.8) is 0 Å². The summed E-state index contributed by atoms with van der Waals surface area (Å²) in [6.07, 6.45) is 1.68. The Balaban J connectivity index is 1.48. The fraction of sp³-hybridized carbons (Fsp3) is 0.0833. The van der Waals surface area contributed by atoms with Crippen LogP contribution in [0.5, 0.6) is 5.75 Å². The van der Waals surface area contributed by atoms with E-state index in [1.807, 2.05) is 55.5 Å². The van der Waals surface area contributed by atoms with Gasteiger partial charge in [0, 0.05) is 21.2 Å². The molecule has 0 radical (unpaired) electrons. The highest BCUT2D eigenvalue weighted by atomic mass is 35.5. The number of cyclic esters (lactones) is 1. The SMILES string of the molecule is Cc1ccccc1C1=NC(=Cc2ccc(OCc3c(Cl)cccc3Cl)cc2)C(=O)O1. The average molecular weight is 438 g/mol. The zero-order chi connectivity index (χ0) is 21.1. The number of aryl methyl sites for hydroxylation is 1. The second-order valence-corrected chi connectivity index (χ2v) is 7.52. The lowest BCUT2D eigenvalue weighted by Crippen LogP contribution is -2.06. The predicted molar refractivity (Wildman–Crippen MR) is 119 cm³/mol. The van der Waals surface area contributed by atoms with Crippen molar-refractivity contribution in [3.8, 4) is 5.75 Å². The second kappa shape index (κ2) is 8.74. The molecule has 0 atom stereocenters. The number of aliphatic imine (C=N–C) groups is 1. The van der Waals surface area contributed by atoms with E-state index in [9.17, 15) is 4.79 Å². The molecule has 3 aromatic carbocycles. The molecule has 1 aliphatic heterocycles. The molecule has 4 rings (SSSR count). The zero-order valence-electron chi connectivity index (χ0n) is 16.1. The van der Waals surface area contributed by atoms with E-state index in [1.165, 1.54) is 0 Å². The summed E-state index contributed by atoms with van der Waals surface area (Å²) in [5.74, 6) is 0.508. The van der Waals surface area contributed by atoms with Gasteiger partial charge in [0.2, 0.25) is 5.90 Å². The average Bonchev–Trinajstić information content (AvgIpc) is 3.09. The van der Waals surface area contributed by atoms with Crippen LogP contribution in [-0.4, -0.2) is 11.9 Å². The van der Waals surface area contributed by atoms with Crippen LogP contribution in [-0.2, 0) is 16.1 Å². The Morgan fingerprint density at radius 2 is 1.67 bits per heavy atom. The van der Waals surface area contributed by atoms with E-state index in [0.717, 1.165) is 22.3 Å². The first-order chi connectivity index (χ1) is 14.5. The fourth-order valence-corrected chi connectivity index (χ4v) is 3.49. The standard InChI is InChI=1S/C24H17Cl2NO3/c1-15-5-2-3-6-18(15)23-27-22(24(28)30-23)13-16-9-11-17(12-10-16)29-14-19-20(25)7-4-8-21(19)26/h2-13H,14H2,1H3. The summed E-state index contributed by atoms with van der Waals surface area (Å²) in [6.45, 7) is 2.21. The number of carbonyl (C=O) groups excluding carboxylic acids is 1. The van der Waals surface area contributed by atoms with Crippen LogP contribution in [0.4, 0.5) is 0 Å². The van der Waals surface area contributed by atoms with Crippen LogP contribution in [0.2, 0.25) is 10.0 Å². The van der Waals surface area contributed by atoms with Crippen LogP contribution in [0, 0.1) is 6.92 Å². The monoisotopic (exact) mass is 437 g/mol. The van der Waals surface area contributed by atoms with Gasteiger partial charge in [0.15, 0.2) is 5.70 Å². The van der Waals surface area contributed by atoms with Crippen molar-refractivity contribution >= 4 is 41.1 Å². The third-order valence-corrected chi connectivity index (χ3v) is 5.33. The van der Waals surface area contributed by atoms with Gasteiger partial charge in [0.05, 0.1) is 0 Å². The summed E-state index contributed by atoms with van der Waals surface area (Å²) in [6, 6.07) is 20.3. The Morgan fingerprint density at radius 1 is 0.967 bits per heavy atom. The number of halogens is 2. The number of carbonyl (C=O) groups is 1. The first-order valence-electron chi connectivity index (χ1n) is 9.25. The molecule has 0 spiro atoms. The lowest BCUT2D eigenvalue weighted by atomic mass is 10.1. The molecule has 4 nitrogen and oxygen atoms in total. The Hall–Kier alpha value is -3.08. The van der Waals surface area contributed by atoms with Crippen LogP contribution in [0.25, 0.3) is 6.08 Å². The number of esters is 1. The summed E-state index contributed by atoms with van der Waals surface area (Å²) in [5, 5.41) is 1.12. The van der Waals surface area contributed by atoms with Crippen LogP contribution in [0.3, 0.4) is 0 Å². The lowest BCUT2D eigenvalue weighted by molar-refractivity contribution is -0.129. The Labute approximate surface area is 184 Å². The molecule has 0 bridgehead atoms. The molecule has 6 heteroatoms. The molecule has 1 heterocycles. The minimum absolute atomic E-state index is 0.254. The number of rotatable bonds is 5. The Bertz CT molecular complexity index is 1150. The van der Waals surface area contributed by atoms with Gasteiger partial charge in [-0.3, -0.25) is 0 Å². The van der Waals surface area contributed by atoms with Gasteiger partial charge in [0.1, 0.15) is 12.4 Å². The molecule has 1 aliphatic rings. The van der Waals surface area contributed by atoms with E-state index in [1.54, 1.807) is 24.3 Å². The summed E-state index contributed by atoms with van der Waals surface area (Å²) in [5.41, 5.74) is 3.59. The molecule has 0 fully saturated rings. The smallest absolute Gasteiger partial charge is 0.363 e. The molecule has 150 valence electrons. The summed E-state index contributed by atoms with van der Waals surface area (Å²) in [4.78, 5) is 16.6. The Morgan fingerprint density at radius 3 is 2.37 bits per heavy atom. The molecular formula is C24H17Cl2NO3. The van der Waals surface area contributed by atoms with Crippen LogP contribution in [0.1, 0.15) is 22.3 Å². The topological polar surface area (TPSA) is 47.9 Å². The quantitative estimate of drug-likeness (QED) is 0.351. The number of hydrogen-bond donors (Lipinski definition) is 0. The number of benzene rings is 3. The molecule has 0 aliphatic carbocycles. The van der Waals surface area contributed by atoms with Crippen molar-refractivity contribution in [2.75, 3.05) is 0 Å². The molecule has 0 N–H and O–H groups in total. The van der Waals surface area contributed by atoms with E-state index in [2.05, 4.69) is 4.99 Å². The number of hydrogen-bond acceptors (Lipinski definition) is 4. The van der Waals surface area contributed by atoms with Gasteiger partial charge in [0.25, 0.3) is 0 Å². The van der Waals surface area contributed by atoms with Crippen molar-refractivity contribution in [3.05, 3.63) is 105 Å². The second-order valence-electron chi connectivity index (χ2n) is 6.71. The minimum Gasteiger partial charge on any atom is -0.489 e. The van der Waals surface area contributed by atoms with Gasteiger partial charge in [-0.15, -0.1) is 0 Å². The van der Waals surface area contributed by atoms with E-state index in [-0.39, 0.29) is 12.3 Å². The first kappa shape index (κ1) is 20.2. The van der Waals surface area contributed by atoms with Crippen LogP contribution < -0.4 is 4.74 Å². The van der Waals surface area contributed by atoms with Gasteiger partial charge in [-0.1, -0.05) is 59.6 Å². The molecule has 0 saturated carbocycles. The van der Waals surface area contributed by atoms with Gasteiger partial charge < -0.3 is 9.47 Å². The molecule has 0 amide bonds.